The van der Waals surface area contributed by atoms with Gasteiger partial charge < -0.3 is 14.8 Å². The van der Waals surface area contributed by atoms with Gasteiger partial charge in [0.05, 0.1) is 6.20 Å². The number of carbonyl (C=O) groups excluding carboxylic acids is 2. The maximum absolute atomic E-state index is 12.3. The Kier molecular flexibility index (Phi) is 3.36. The van der Waals surface area contributed by atoms with E-state index in [1.165, 1.54) is 0 Å². The van der Waals surface area contributed by atoms with E-state index in [0.717, 1.165) is 5.82 Å². The van der Waals surface area contributed by atoms with E-state index in [4.69, 9.17) is 0 Å². The van der Waals surface area contributed by atoms with E-state index in [1.54, 1.807) is 22.9 Å². The number of aromatic amines is 1. The molecule has 0 aliphatic carbocycles. The molecular weight excluding hydrogens is 232 g/mol. The zero-order valence-electron chi connectivity index (χ0n) is 10.9. The number of imidazole rings is 1. The van der Waals surface area contributed by atoms with Crippen LogP contribution in [0.15, 0.2) is 6.20 Å². The van der Waals surface area contributed by atoms with Crippen molar-refractivity contribution in [1.29, 1.82) is 0 Å². The van der Waals surface area contributed by atoms with Crippen molar-refractivity contribution in [2.24, 2.45) is 0 Å². The summed E-state index contributed by atoms with van der Waals surface area (Å²) < 4.78 is 0. The van der Waals surface area contributed by atoms with Crippen molar-refractivity contribution < 1.29 is 9.59 Å². The molecule has 6 heteroatoms. The van der Waals surface area contributed by atoms with E-state index in [2.05, 4.69) is 9.97 Å². The van der Waals surface area contributed by atoms with Crippen LogP contribution in [0.2, 0.25) is 0 Å². The van der Waals surface area contributed by atoms with Gasteiger partial charge in [-0.15, -0.1) is 0 Å². The molecule has 0 spiro atoms. The fourth-order valence-corrected chi connectivity index (χ4v) is 2.23. The lowest BCUT2D eigenvalue weighted by atomic mass is 10.1. The second-order valence-electron chi connectivity index (χ2n) is 4.69. The Balaban J connectivity index is 2.07. The third kappa shape index (κ3) is 2.37. The summed E-state index contributed by atoms with van der Waals surface area (Å²) in [5, 5.41) is 0. The molecule has 0 radical (unpaired) electrons. The standard InChI is InChI=1S/C12H18N4O2/c1-8-7-15(10(3)17)4-5-16(8)12(18)11-6-13-9(2)14-11/h6,8H,4-5,7H2,1-3H3,(H,13,14). The first-order chi connectivity index (χ1) is 8.49. The van der Waals surface area contributed by atoms with Crippen molar-refractivity contribution in [1.82, 2.24) is 19.8 Å². The quantitative estimate of drug-likeness (QED) is 0.785. The maximum Gasteiger partial charge on any atom is 0.272 e. The molecule has 0 bridgehead atoms. The molecule has 1 aliphatic rings. The van der Waals surface area contributed by atoms with E-state index < -0.39 is 0 Å². The number of piperazine rings is 1. The molecule has 1 atom stereocenters. The van der Waals surface area contributed by atoms with Crippen LogP contribution in [0.3, 0.4) is 0 Å². The summed E-state index contributed by atoms with van der Waals surface area (Å²) in [4.78, 5) is 34.1. The van der Waals surface area contributed by atoms with Crippen LogP contribution in [0.5, 0.6) is 0 Å². The van der Waals surface area contributed by atoms with Gasteiger partial charge in [-0.3, -0.25) is 9.59 Å². The summed E-state index contributed by atoms with van der Waals surface area (Å²) in [7, 11) is 0. The number of nitrogens with zero attached hydrogens (tertiary/aromatic N) is 3. The molecule has 1 aromatic heterocycles. The van der Waals surface area contributed by atoms with Crippen molar-refractivity contribution in [2.75, 3.05) is 19.6 Å². The Morgan fingerprint density at radius 1 is 1.44 bits per heavy atom. The Hall–Kier alpha value is -1.85. The van der Waals surface area contributed by atoms with E-state index in [9.17, 15) is 9.59 Å². The summed E-state index contributed by atoms with van der Waals surface area (Å²) in [5.74, 6) is 0.742. The highest BCUT2D eigenvalue weighted by atomic mass is 16.2. The van der Waals surface area contributed by atoms with Crippen LogP contribution in [-0.4, -0.2) is 57.3 Å². The lowest BCUT2D eigenvalue weighted by Crippen LogP contribution is -2.55. The normalized spacial score (nSPS) is 20.1. The van der Waals surface area contributed by atoms with Crippen LogP contribution in [0.25, 0.3) is 0 Å². The van der Waals surface area contributed by atoms with Crippen LogP contribution in [0.4, 0.5) is 0 Å². The van der Waals surface area contributed by atoms with Gasteiger partial charge in [0, 0.05) is 32.6 Å². The molecule has 0 saturated carbocycles. The van der Waals surface area contributed by atoms with Gasteiger partial charge in [0.2, 0.25) is 5.91 Å². The van der Waals surface area contributed by atoms with E-state index >= 15 is 0 Å². The smallest absolute Gasteiger partial charge is 0.272 e. The van der Waals surface area contributed by atoms with Gasteiger partial charge in [0.25, 0.3) is 5.91 Å². The molecule has 1 aromatic rings. The number of hydrogen-bond acceptors (Lipinski definition) is 3. The minimum atomic E-state index is -0.0497. The Morgan fingerprint density at radius 2 is 2.17 bits per heavy atom. The molecule has 1 aliphatic heterocycles. The van der Waals surface area contributed by atoms with Crippen LogP contribution < -0.4 is 0 Å². The molecule has 2 amide bonds. The van der Waals surface area contributed by atoms with E-state index in [1.807, 2.05) is 13.8 Å². The maximum atomic E-state index is 12.3. The molecular formula is C12H18N4O2. The molecule has 6 nitrogen and oxygen atoms in total. The van der Waals surface area contributed by atoms with Gasteiger partial charge in [0.1, 0.15) is 11.5 Å². The lowest BCUT2D eigenvalue weighted by molar-refractivity contribution is -0.131. The minimum absolute atomic E-state index is 0.0266. The van der Waals surface area contributed by atoms with Gasteiger partial charge in [-0.05, 0) is 13.8 Å². The Labute approximate surface area is 106 Å². The van der Waals surface area contributed by atoms with Gasteiger partial charge in [0.15, 0.2) is 0 Å². The van der Waals surface area contributed by atoms with Crippen molar-refractivity contribution in [3.8, 4) is 0 Å². The van der Waals surface area contributed by atoms with Crippen LogP contribution >= 0.6 is 0 Å². The highest BCUT2D eigenvalue weighted by Gasteiger charge is 2.29. The number of amides is 2. The summed E-state index contributed by atoms with van der Waals surface area (Å²) in [6.45, 7) is 7.08. The number of hydrogen-bond donors (Lipinski definition) is 1. The number of carbonyl (C=O) groups is 2. The van der Waals surface area contributed by atoms with Gasteiger partial charge >= 0.3 is 0 Å². The highest BCUT2D eigenvalue weighted by molar-refractivity contribution is 5.92. The first kappa shape index (κ1) is 12.6. The van der Waals surface area contributed by atoms with Crippen LogP contribution in [0.1, 0.15) is 30.2 Å². The average Bonchev–Trinajstić information content (AvgIpc) is 2.74. The number of aryl methyl sites for hydroxylation is 1. The van der Waals surface area contributed by atoms with Crippen molar-refractivity contribution >= 4 is 11.8 Å². The topological polar surface area (TPSA) is 69.3 Å². The zero-order valence-corrected chi connectivity index (χ0v) is 10.9. The van der Waals surface area contributed by atoms with Gasteiger partial charge in [-0.25, -0.2) is 4.98 Å². The molecule has 0 aromatic carbocycles. The molecule has 98 valence electrons. The molecule has 1 saturated heterocycles. The zero-order chi connectivity index (χ0) is 13.3. The predicted molar refractivity (Wildman–Crippen MR) is 66.1 cm³/mol. The second-order valence-corrected chi connectivity index (χ2v) is 4.69. The van der Waals surface area contributed by atoms with Gasteiger partial charge in [-0.2, -0.15) is 0 Å². The Bertz CT molecular complexity index is 468. The number of rotatable bonds is 1. The van der Waals surface area contributed by atoms with Crippen molar-refractivity contribution in [3.05, 3.63) is 17.7 Å². The van der Waals surface area contributed by atoms with Gasteiger partial charge in [-0.1, -0.05) is 0 Å². The summed E-state index contributed by atoms with van der Waals surface area (Å²) in [6.07, 6.45) is 1.56. The van der Waals surface area contributed by atoms with E-state index in [-0.39, 0.29) is 17.9 Å². The second kappa shape index (κ2) is 4.80. The van der Waals surface area contributed by atoms with E-state index in [0.29, 0.717) is 25.3 Å². The molecule has 1 fully saturated rings. The SMILES string of the molecule is CC(=O)N1CCN(C(=O)c2cnc(C)[nH]2)C(C)C1. The molecule has 18 heavy (non-hydrogen) atoms. The monoisotopic (exact) mass is 250 g/mol. The predicted octanol–water partition coefficient (Wildman–Crippen LogP) is 0.411. The lowest BCUT2D eigenvalue weighted by Gasteiger charge is -2.39. The molecule has 1 N–H and O–H groups in total. The molecule has 2 rings (SSSR count). The summed E-state index contributed by atoms with van der Waals surface area (Å²) in [6, 6.07) is 0.0266. The molecule has 1 unspecified atom stereocenters. The average molecular weight is 250 g/mol. The molecule has 2 heterocycles. The summed E-state index contributed by atoms with van der Waals surface area (Å²) in [5.41, 5.74) is 0.510. The van der Waals surface area contributed by atoms with Crippen molar-refractivity contribution in [2.45, 2.75) is 26.8 Å². The highest BCUT2D eigenvalue weighted by Crippen LogP contribution is 2.13. The van der Waals surface area contributed by atoms with Crippen LogP contribution in [-0.2, 0) is 4.79 Å². The van der Waals surface area contributed by atoms with Crippen LogP contribution in [0, 0.1) is 6.92 Å². The summed E-state index contributed by atoms with van der Waals surface area (Å²) >= 11 is 0. The minimum Gasteiger partial charge on any atom is -0.339 e. The number of H-pyrrole nitrogens is 1. The third-order valence-corrected chi connectivity index (χ3v) is 3.27. The number of nitrogens with one attached hydrogen (secondary N) is 1. The third-order valence-electron chi connectivity index (χ3n) is 3.27. The fourth-order valence-electron chi connectivity index (χ4n) is 2.23. The number of aromatic nitrogens is 2. The first-order valence-corrected chi connectivity index (χ1v) is 6.07. The largest absolute Gasteiger partial charge is 0.339 e. The fraction of sp³-hybridized carbons (Fsp3) is 0.583. The van der Waals surface area contributed by atoms with Crippen molar-refractivity contribution in [3.63, 3.8) is 0 Å². The first-order valence-electron chi connectivity index (χ1n) is 6.07. The Morgan fingerprint density at radius 3 is 2.67 bits per heavy atom.